The van der Waals surface area contributed by atoms with Gasteiger partial charge in [0, 0.05) is 33.6 Å². The summed E-state index contributed by atoms with van der Waals surface area (Å²) < 4.78 is 14.9. The second-order valence-corrected chi connectivity index (χ2v) is 4.96. The summed E-state index contributed by atoms with van der Waals surface area (Å²) in [5.41, 5.74) is -1.37. The van der Waals surface area contributed by atoms with Crippen LogP contribution in [0.25, 0.3) is 0 Å². The summed E-state index contributed by atoms with van der Waals surface area (Å²) in [5.74, 6) is -2.25. The lowest BCUT2D eigenvalue weighted by atomic mass is 9.97. The van der Waals surface area contributed by atoms with E-state index >= 15 is 0 Å². The van der Waals surface area contributed by atoms with Crippen molar-refractivity contribution in [3.05, 3.63) is 0 Å². The molecule has 0 aromatic rings. The molecule has 0 aromatic heterocycles. The van der Waals surface area contributed by atoms with Crippen LogP contribution in [0.5, 0.6) is 0 Å². The molecule has 0 spiro atoms. The zero-order valence-corrected chi connectivity index (χ0v) is 12.4. The van der Waals surface area contributed by atoms with Crippen LogP contribution in [-0.4, -0.2) is 48.7 Å². The van der Waals surface area contributed by atoms with Gasteiger partial charge in [0.2, 0.25) is 5.91 Å². The molecule has 0 saturated heterocycles. The molecule has 0 radical (unpaired) electrons. The maximum absolute atomic E-state index is 12.0. The Labute approximate surface area is 122 Å². The van der Waals surface area contributed by atoms with Crippen LogP contribution in [0.3, 0.4) is 0 Å². The van der Waals surface area contributed by atoms with Gasteiger partial charge in [-0.05, 0) is 0 Å². The van der Waals surface area contributed by atoms with E-state index in [-0.39, 0.29) is 12.8 Å². The minimum Gasteiger partial charge on any atom is -0.467 e. The van der Waals surface area contributed by atoms with E-state index in [0.717, 1.165) is 0 Å². The molecule has 1 aliphatic carbocycles. The Morgan fingerprint density at radius 2 is 1.38 bits per heavy atom. The van der Waals surface area contributed by atoms with E-state index in [2.05, 4.69) is 5.32 Å². The van der Waals surface area contributed by atoms with Crippen molar-refractivity contribution in [2.24, 2.45) is 0 Å². The van der Waals surface area contributed by atoms with Gasteiger partial charge in [0.05, 0.1) is 7.11 Å². The zero-order chi connectivity index (χ0) is 16.2. The molecule has 0 aliphatic heterocycles. The maximum Gasteiger partial charge on any atom is 0.331 e. The molecule has 1 fully saturated rings. The van der Waals surface area contributed by atoms with E-state index < -0.39 is 41.6 Å². The van der Waals surface area contributed by atoms with Gasteiger partial charge in [-0.1, -0.05) is 0 Å². The number of ether oxygens (including phenoxy) is 3. The number of carbonyl (C=O) groups is 4. The van der Waals surface area contributed by atoms with Crippen LogP contribution in [0, 0.1) is 0 Å². The second-order valence-electron chi connectivity index (χ2n) is 4.96. The quantitative estimate of drug-likeness (QED) is 0.560. The average molecular weight is 301 g/mol. The highest BCUT2D eigenvalue weighted by atomic mass is 16.6. The van der Waals surface area contributed by atoms with Crippen molar-refractivity contribution in [1.82, 2.24) is 5.32 Å². The summed E-state index contributed by atoms with van der Waals surface area (Å²) >= 11 is 0. The van der Waals surface area contributed by atoms with Crippen molar-refractivity contribution in [2.45, 2.75) is 51.4 Å². The number of nitrogens with one attached hydrogen (secondary N) is 1. The van der Waals surface area contributed by atoms with E-state index in [1.807, 2.05) is 0 Å². The fraction of sp³-hybridized carbons (Fsp3) is 0.692. The second kappa shape index (κ2) is 6.55. The molecule has 1 unspecified atom stereocenters. The Kier molecular flexibility index (Phi) is 5.28. The fourth-order valence-corrected chi connectivity index (χ4v) is 2.55. The van der Waals surface area contributed by atoms with E-state index in [1.165, 1.54) is 27.9 Å². The number of methoxy groups -OCH3 is 1. The first-order valence-electron chi connectivity index (χ1n) is 6.42. The molecule has 1 aliphatic rings. The SMILES string of the molecule is COC(=O)C1(NC(C)=O)C[C@H](OC(C)=O)[C@H](OC(C)=O)C1. The van der Waals surface area contributed by atoms with Crippen molar-refractivity contribution in [1.29, 1.82) is 0 Å². The predicted molar refractivity (Wildman–Crippen MR) is 68.9 cm³/mol. The molecular weight excluding hydrogens is 282 g/mol. The van der Waals surface area contributed by atoms with E-state index in [0.29, 0.717) is 0 Å². The highest BCUT2D eigenvalue weighted by Crippen LogP contribution is 2.35. The first-order chi connectivity index (χ1) is 9.70. The summed E-state index contributed by atoms with van der Waals surface area (Å²) in [6.45, 7) is 3.67. The number of hydrogen-bond donors (Lipinski definition) is 1. The van der Waals surface area contributed by atoms with Crippen LogP contribution < -0.4 is 5.32 Å². The first kappa shape index (κ1) is 16.9. The molecule has 3 atom stereocenters. The lowest BCUT2D eigenvalue weighted by molar-refractivity contribution is -0.162. The van der Waals surface area contributed by atoms with Gasteiger partial charge < -0.3 is 19.5 Å². The standard InChI is InChI=1S/C13H19NO7/c1-7(15)14-13(12(18)19-4)5-10(20-8(2)16)11(6-13)21-9(3)17/h10-11H,5-6H2,1-4H3,(H,14,15)/t10-,11+,13?. The van der Waals surface area contributed by atoms with Crippen LogP contribution in [0.1, 0.15) is 33.6 Å². The van der Waals surface area contributed by atoms with E-state index in [1.54, 1.807) is 0 Å². The van der Waals surface area contributed by atoms with Gasteiger partial charge >= 0.3 is 17.9 Å². The first-order valence-corrected chi connectivity index (χ1v) is 6.42. The summed E-state index contributed by atoms with van der Waals surface area (Å²) in [6.07, 6.45) is -1.68. The third-order valence-electron chi connectivity index (χ3n) is 3.14. The number of esters is 3. The molecule has 8 nitrogen and oxygen atoms in total. The Morgan fingerprint density at radius 1 is 0.952 bits per heavy atom. The van der Waals surface area contributed by atoms with Crippen molar-refractivity contribution < 1.29 is 33.4 Å². The van der Waals surface area contributed by atoms with Gasteiger partial charge in [0.1, 0.15) is 17.7 Å². The Bertz CT molecular complexity index is 435. The van der Waals surface area contributed by atoms with Gasteiger partial charge in [-0.25, -0.2) is 4.79 Å². The number of rotatable bonds is 4. The zero-order valence-electron chi connectivity index (χ0n) is 12.4. The fourth-order valence-electron chi connectivity index (χ4n) is 2.55. The monoisotopic (exact) mass is 301 g/mol. The molecule has 1 saturated carbocycles. The molecular formula is C13H19NO7. The molecule has 0 bridgehead atoms. The topological polar surface area (TPSA) is 108 Å². The van der Waals surface area contributed by atoms with Gasteiger partial charge in [0.25, 0.3) is 0 Å². The van der Waals surface area contributed by atoms with Crippen LogP contribution in [-0.2, 0) is 33.4 Å². The van der Waals surface area contributed by atoms with Gasteiger partial charge in [-0.15, -0.1) is 0 Å². The third-order valence-corrected chi connectivity index (χ3v) is 3.14. The number of hydrogen-bond acceptors (Lipinski definition) is 7. The molecule has 118 valence electrons. The normalized spacial score (nSPS) is 27.6. The summed E-state index contributed by atoms with van der Waals surface area (Å²) in [4.78, 5) is 45.6. The molecule has 21 heavy (non-hydrogen) atoms. The van der Waals surface area contributed by atoms with Crippen molar-refractivity contribution in [3.8, 4) is 0 Å². The van der Waals surface area contributed by atoms with Gasteiger partial charge in [0.15, 0.2) is 0 Å². The van der Waals surface area contributed by atoms with Crippen LogP contribution in [0.4, 0.5) is 0 Å². The predicted octanol–water partition coefficient (Wildman–Crippen LogP) is -0.308. The van der Waals surface area contributed by atoms with Crippen LogP contribution in [0.2, 0.25) is 0 Å². The van der Waals surface area contributed by atoms with E-state index in [9.17, 15) is 19.2 Å². The summed E-state index contributed by atoms with van der Waals surface area (Å²) in [6, 6.07) is 0. The van der Waals surface area contributed by atoms with E-state index in [4.69, 9.17) is 14.2 Å². The summed E-state index contributed by atoms with van der Waals surface area (Å²) in [5, 5.41) is 2.52. The number of amides is 1. The smallest absolute Gasteiger partial charge is 0.331 e. The molecule has 0 aromatic carbocycles. The average Bonchev–Trinajstić information content (AvgIpc) is 2.64. The van der Waals surface area contributed by atoms with Gasteiger partial charge in [-0.3, -0.25) is 14.4 Å². The third kappa shape index (κ3) is 4.17. The largest absolute Gasteiger partial charge is 0.467 e. The molecule has 1 amide bonds. The number of carbonyl (C=O) groups excluding carboxylic acids is 4. The molecule has 1 N–H and O–H groups in total. The van der Waals surface area contributed by atoms with Crippen molar-refractivity contribution in [3.63, 3.8) is 0 Å². The lowest BCUT2D eigenvalue weighted by Gasteiger charge is -2.26. The highest BCUT2D eigenvalue weighted by molar-refractivity contribution is 5.88. The molecule has 1 rings (SSSR count). The minimum absolute atomic E-state index is 0.0171. The van der Waals surface area contributed by atoms with Crippen molar-refractivity contribution >= 4 is 23.8 Å². The van der Waals surface area contributed by atoms with Crippen molar-refractivity contribution in [2.75, 3.05) is 7.11 Å². The Balaban J connectivity index is 3.05. The van der Waals surface area contributed by atoms with Crippen LogP contribution >= 0.6 is 0 Å². The van der Waals surface area contributed by atoms with Gasteiger partial charge in [-0.2, -0.15) is 0 Å². The minimum atomic E-state index is -1.37. The molecule has 8 heteroatoms. The van der Waals surface area contributed by atoms with Crippen LogP contribution in [0.15, 0.2) is 0 Å². The lowest BCUT2D eigenvalue weighted by Crippen LogP contribution is -2.53. The summed E-state index contributed by atoms with van der Waals surface area (Å²) in [7, 11) is 1.19. The molecule has 0 heterocycles. The maximum atomic E-state index is 12.0. The highest BCUT2D eigenvalue weighted by Gasteiger charge is 2.54. The Morgan fingerprint density at radius 3 is 1.67 bits per heavy atom. The Hall–Kier alpha value is -2.12.